The second-order valence-corrected chi connectivity index (χ2v) is 11.1. The topological polar surface area (TPSA) is 107 Å². The summed E-state index contributed by atoms with van der Waals surface area (Å²) in [6.07, 6.45) is 0.662. The number of methoxy groups -OCH3 is 3. The summed E-state index contributed by atoms with van der Waals surface area (Å²) >= 11 is 7.41. The van der Waals surface area contributed by atoms with E-state index < -0.39 is 17.7 Å². The molecule has 1 amide bonds. The van der Waals surface area contributed by atoms with Crippen molar-refractivity contribution in [1.29, 1.82) is 0 Å². The summed E-state index contributed by atoms with van der Waals surface area (Å²) in [5, 5.41) is 12.4. The van der Waals surface area contributed by atoms with Gasteiger partial charge in [-0.05, 0) is 66.6 Å². The number of amides is 1. The molecule has 4 aromatic rings. The molecule has 1 aromatic heterocycles. The number of hydrogen-bond donors (Lipinski definition) is 1. The Balaban J connectivity index is 1.59. The molecule has 0 saturated carbocycles. The standard InChI is InChI=1S/C30H25ClN2O7S/c1-14-9-16-10-15(5-8-20(16)40-14)26(34)24-25(17-11-21(37-2)28(39-4)22(12-17)38-3)33(29(36)27(24)35)30-32-19-7-6-18(31)13-23(19)41-30/h5-8,10-14,25,34H,9H2,1-4H3/t14-,25+/m0/s1. The van der Waals surface area contributed by atoms with Crippen LogP contribution in [0.15, 0.2) is 54.1 Å². The first-order chi connectivity index (χ1) is 19.7. The van der Waals surface area contributed by atoms with Gasteiger partial charge in [0.1, 0.15) is 17.6 Å². The van der Waals surface area contributed by atoms with Crippen molar-refractivity contribution < 1.29 is 33.6 Å². The molecule has 2 atom stereocenters. The smallest absolute Gasteiger partial charge is 0.301 e. The average Bonchev–Trinajstić information content (AvgIpc) is 3.63. The van der Waals surface area contributed by atoms with Gasteiger partial charge in [-0.1, -0.05) is 22.9 Å². The predicted molar refractivity (Wildman–Crippen MR) is 156 cm³/mol. The van der Waals surface area contributed by atoms with Crippen molar-refractivity contribution in [3.05, 3.63) is 75.8 Å². The maximum atomic E-state index is 13.7. The van der Waals surface area contributed by atoms with E-state index in [4.69, 9.17) is 30.5 Å². The lowest BCUT2D eigenvalue weighted by atomic mass is 9.94. The first kappa shape index (κ1) is 26.9. The van der Waals surface area contributed by atoms with Crippen molar-refractivity contribution in [1.82, 2.24) is 4.98 Å². The van der Waals surface area contributed by atoms with Crippen LogP contribution in [-0.2, 0) is 16.0 Å². The maximum Gasteiger partial charge on any atom is 0.301 e. The molecule has 0 aliphatic carbocycles. The summed E-state index contributed by atoms with van der Waals surface area (Å²) in [5.74, 6) is -0.255. The fourth-order valence-corrected chi connectivity index (χ4v) is 6.59. The third kappa shape index (κ3) is 4.43. The molecular formula is C30H25ClN2O7S. The number of benzene rings is 3. The van der Waals surface area contributed by atoms with Crippen molar-refractivity contribution in [3.63, 3.8) is 0 Å². The van der Waals surface area contributed by atoms with Gasteiger partial charge >= 0.3 is 5.91 Å². The van der Waals surface area contributed by atoms with Crippen LogP contribution in [0.5, 0.6) is 23.0 Å². The van der Waals surface area contributed by atoms with Crippen LogP contribution in [-0.4, -0.2) is 49.2 Å². The predicted octanol–water partition coefficient (Wildman–Crippen LogP) is 5.93. The third-order valence-electron chi connectivity index (χ3n) is 7.16. The van der Waals surface area contributed by atoms with Crippen LogP contribution < -0.4 is 23.8 Å². The molecule has 0 bridgehead atoms. The lowest BCUT2D eigenvalue weighted by Gasteiger charge is -2.24. The summed E-state index contributed by atoms with van der Waals surface area (Å²) in [4.78, 5) is 33.4. The molecule has 3 aromatic carbocycles. The Labute approximate surface area is 244 Å². The van der Waals surface area contributed by atoms with Gasteiger partial charge in [-0.3, -0.25) is 14.5 Å². The Morgan fingerprint density at radius 1 is 1.05 bits per heavy atom. The minimum Gasteiger partial charge on any atom is -0.507 e. The Kier molecular flexibility index (Phi) is 6.75. The molecule has 11 heteroatoms. The SMILES string of the molecule is COc1cc([C@@H]2C(=C(O)c3ccc4c(c3)C[C@H](C)O4)C(=O)C(=O)N2c2nc3ccc(Cl)cc3s2)cc(OC)c1OC. The van der Waals surface area contributed by atoms with Gasteiger partial charge < -0.3 is 24.1 Å². The van der Waals surface area contributed by atoms with Crippen molar-refractivity contribution in [2.45, 2.75) is 25.5 Å². The number of aliphatic hydroxyl groups is 1. The highest BCUT2D eigenvalue weighted by molar-refractivity contribution is 7.22. The number of hydrogen-bond acceptors (Lipinski definition) is 9. The molecule has 2 aliphatic rings. The lowest BCUT2D eigenvalue weighted by molar-refractivity contribution is -0.132. The molecule has 41 heavy (non-hydrogen) atoms. The van der Waals surface area contributed by atoms with Crippen LogP contribution in [0.25, 0.3) is 16.0 Å². The van der Waals surface area contributed by atoms with E-state index in [1.165, 1.54) is 37.6 Å². The van der Waals surface area contributed by atoms with Crippen LogP contribution in [0.1, 0.15) is 29.7 Å². The van der Waals surface area contributed by atoms with Crippen LogP contribution in [0, 0.1) is 0 Å². The van der Waals surface area contributed by atoms with Crippen molar-refractivity contribution in [3.8, 4) is 23.0 Å². The van der Waals surface area contributed by atoms with E-state index in [0.717, 1.165) is 16.0 Å². The molecule has 0 radical (unpaired) electrons. The molecule has 9 nitrogen and oxygen atoms in total. The van der Waals surface area contributed by atoms with Crippen LogP contribution in [0.2, 0.25) is 5.02 Å². The number of ketones is 1. The molecule has 1 saturated heterocycles. The fraction of sp³-hybridized carbons (Fsp3) is 0.233. The number of ether oxygens (including phenoxy) is 4. The zero-order chi connectivity index (χ0) is 29.0. The van der Waals surface area contributed by atoms with Gasteiger partial charge in [0, 0.05) is 17.0 Å². The zero-order valence-corrected chi connectivity index (χ0v) is 24.1. The highest BCUT2D eigenvalue weighted by Gasteiger charge is 2.48. The summed E-state index contributed by atoms with van der Waals surface area (Å²) in [6.45, 7) is 1.96. The number of aliphatic hydroxyl groups excluding tert-OH is 1. The van der Waals surface area contributed by atoms with E-state index in [1.54, 1.807) is 48.5 Å². The van der Waals surface area contributed by atoms with Gasteiger partial charge in [0.15, 0.2) is 16.6 Å². The second kappa shape index (κ2) is 10.3. The molecule has 210 valence electrons. The first-order valence-electron chi connectivity index (χ1n) is 12.7. The largest absolute Gasteiger partial charge is 0.507 e. The number of carbonyl (C=O) groups is 2. The highest BCUT2D eigenvalue weighted by atomic mass is 35.5. The molecule has 2 aliphatic heterocycles. The molecule has 0 unspecified atom stereocenters. The number of halogens is 1. The van der Waals surface area contributed by atoms with E-state index in [2.05, 4.69) is 4.98 Å². The number of aromatic nitrogens is 1. The van der Waals surface area contributed by atoms with Gasteiger partial charge in [0.25, 0.3) is 5.78 Å². The van der Waals surface area contributed by atoms with Gasteiger partial charge in [-0.25, -0.2) is 4.98 Å². The average molecular weight is 593 g/mol. The van der Waals surface area contributed by atoms with Gasteiger partial charge in [-0.15, -0.1) is 0 Å². The van der Waals surface area contributed by atoms with Crippen molar-refractivity contribution in [2.75, 3.05) is 26.2 Å². The summed E-state index contributed by atoms with van der Waals surface area (Å²) in [7, 11) is 4.43. The van der Waals surface area contributed by atoms with Crippen molar-refractivity contribution >= 4 is 55.7 Å². The summed E-state index contributed by atoms with van der Waals surface area (Å²) in [5.41, 5.74) is 2.29. The number of carbonyl (C=O) groups excluding carboxylic acids is 2. The Bertz CT molecular complexity index is 1740. The van der Waals surface area contributed by atoms with Gasteiger partial charge in [0.2, 0.25) is 5.75 Å². The molecule has 0 spiro atoms. The normalized spacial score (nSPS) is 19.4. The minimum atomic E-state index is -1.05. The van der Waals surface area contributed by atoms with Crippen LogP contribution >= 0.6 is 22.9 Å². The summed E-state index contributed by atoms with van der Waals surface area (Å²) in [6, 6.07) is 12.7. The second-order valence-electron chi connectivity index (χ2n) is 9.69. The van der Waals surface area contributed by atoms with E-state index in [1.807, 2.05) is 6.92 Å². The Morgan fingerprint density at radius 3 is 2.46 bits per heavy atom. The number of fused-ring (bicyclic) bond motifs is 2. The minimum absolute atomic E-state index is 0.000237. The first-order valence-corrected chi connectivity index (χ1v) is 13.9. The van der Waals surface area contributed by atoms with Gasteiger partial charge in [0.05, 0.1) is 43.2 Å². The molecule has 6 rings (SSSR count). The number of thiazole rings is 1. The van der Waals surface area contributed by atoms with E-state index in [9.17, 15) is 14.7 Å². The Hall–Kier alpha value is -4.28. The number of rotatable bonds is 6. The van der Waals surface area contributed by atoms with E-state index in [0.29, 0.717) is 45.3 Å². The summed E-state index contributed by atoms with van der Waals surface area (Å²) < 4.78 is 23.1. The van der Waals surface area contributed by atoms with Crippen LogP contribution in [0.3, 0.4) is 0 Å². The molecule has 1 fully saturated rings. The fourth-order valence-electron chi connectivity index (χ4n) is 5.32. The van der Waals surface area contributed by atoms with Gasteiger partial charge in [-0.2, -0.15) is 0 Å². The quantitative estimate of drug-likeness (QED) is 0.167. The third-order valence-corrected chi connectivity index (χ3v) is 8.41. The van der Waals surface area contributed by atoms with Crippen LogP contribution in [0.4, 0.5) is 5.13 Å². The van der Waals surface area contributed by atoms with E-state index >= 15 is 0 Å². The lowest BCUT2D eigenvalue weighted by Crippen LogP contribution is -2.29. The molecule has 1 N–H and O–H groups in total. The molecule has 3 heterocycles. The highest BCUT2D eigenvalue weighted by Crippen LogP contribution is 2.48. The zero-order valence-electron chi connectivity index (χ0n) is 22.6. The number of Topliss-reactive ketones (excluding diaryl/α,β-unsaturated/α-hetero) is 1. The monoisotopic (exact) mass is 592 g/mol. The van der Waals surface area contributed by atoms with E-state index in [-0.39, 0.29) is 22.6 Å². The molecular weight excluding hydrogens is 568 g/mol. The number of anilines is 1. The Morgan fingerprint density at radius 2 is 1.78 bits per heavy atom. The number of nitrogens with zero attached hydrogens (tertiary/aromatic N) is 2. The van der Waals surface area contributed by atoms with Crippen molar-refractivity contribution in [2.24, 2.45) is 0 Å². The maximum absolute atomic E-state index is 13.7.